The van der Waals surface area contributed by atoms with Crippen LogP contribution in [0.15, 0.2) is 58.7 Å². The highest BCUT2D eigenvalue weighted by molar-refractivity contribution is 6.02. The van der Waals surface area contributed by atoms with Gasteiger partial charge in [-0.3, -0.25) is 14.1 Å². The molecule has 0 saturated heterocycles. The van der Waals surface area contributed by atoms with E-state index in [0.717, 1.165) is 47.3 Å². The van der Waals surface area contributed by atoms with Crippen LogP contribution in [0.5, 0.6) is 0 Å². The normalized spacial score (nSPS) is 12.3. The van der Waals surface area contributed by atoms with Gasteiger partial charge in [0.05, 0.1) is 12.2 Å². The summed E-state index contributed by atoms with van der Waals surface area (Å²) in [6.07, 6.45) is 6.83. The summed E-state index contributed by atoms with van der Waals surface area (Å²) in [6.45, 7) is 8.79. The fourth-order valence-corrected chi connectivity index (χ4v) is 3.59. The second kappa shape index (κ2) is 9.20. The number of imidazole rings is 1. The van der Waals surface area contributed by atoms with Gasteiger partial charge in [-0.2, -0.15) is 5.10 Å². The predicted molar refractivity (Wildman–Crippen MR) is 126 cm³/mol. The van der Waals surface area contributed by atoms with Crippen LogP contribution in [-0.2, 0) is 18.5 Å². The molecule has 1 aromatic carbocycles. The molecule has 164 valence electrons. The number of aryl methyl sites for hydroxylation is 1. The fourth-order valence-electron chi connectivity index (χ4n) is 3.59. The highest BCUT2D eigenvalue weighted by Crippen LogP contribution is 2.22. The van der Waals surface area contributed by atoms with Crippen LogP contribution in [0, 0.1) is 0 Å². The number of hydrogen-bond acceptors (Lipinski definition) is 4. The van der Waals surface area contributed by atoms with Crippen molar-refractivity contribution in [3.8, 4) is 11.3 Å². The van der Waals surface area contributed by atoms with Crippen LogP contribution >= 0.6 is 0 Å². The Kier molecular flexibility index (Phi) is 6.63. The molecular formula is C24H32N6O. The molecule has 7 heteroatoms. The number of hydrazone groups is 1. The quantitative estimate of drug-likeness (QED) is 0.264. The molecular weight excluding hydrogens is 388 g/mol. The van der Waals surface area contributed by atoms with Crippen LogP contribution in [0.2, 0.25) is 0 Å². The lowest BCUT2D eigenvalue weighted by molar-refractivity contribution is 0.380. The van der Waals surface area contributed by atoms with Gasteiger partial charge >= 0.3 is 5.69 Å². The van der Waals surface area contributed by atoms with Crippen molar-refractivity contribution in [3.05, 3.63) is 76.1 Å². The average Bonchev–Trinajstić information content (AvgIpc) is 3.08. The molecule has 0 bridgehead atoms. The zero-order valence-corrected chi connectivity index (χ0v) is 18.8. The van der Waals surface area contributed by atoms with E-state index < -0.39 is 0 Å². The lowest BCUT2D eigenvalue weighted by Crippen LogP contribution is -2.34. The van der Waals surface area contributed by atoms with Crippen molar-refractivity contribution in [1.82, 2.24) is 14.1 Å². The van der Waals surface area contributed by atoms with Gasteiger partial charge in [0.25, 0.3) is 0 Å². The third-order valence-corrected chi connectivity index (χ3v) is 5.35. The minimum atomic E-state index is -0.264. The van der Waals surface area contributed by atoms with Gasteiger partial charge < -0.3 is 11.6 Å². The second-order valence-electron chi connectivity index (χ2n) is 8.75. The van der Waals surface area contributed by atoms with Crippen molar-refractivity contribution in [2.75, 3.05) is 0 Å². The standard InChI is InChI=1S/C24H32N6O/c1-5-6-9-18-16-30(24(2,3)4)23(31)29(18)15-17-12-13-21(27-14-17)19-10-7-8-11-20(19)22(25)28-26/h7-8,10-14,16H,5-6,9,15,26H2,1-4H3,(H2,25,28). The lowest BCUT2D eigenvalue weighted by atomic mass is 10.0. The van der Waals surface area contributed by atoms with E-state index >= 15 is 0 Å². The second-order valence-corrected chi connectivity index (χ2v) is 8.75. The molecule has 3 rings (SSSR count). The van der Waals surface area contributed by atoms with Crippen LogP contribution < -0.4 is 17.3 Å². The summed E-state index contributed by atoms with van der Waals surface area (Å²) in [5, 5.41) is 3.61. The summed E-state index contributed by atoms with van der Waals surface area (Å²) in [4.78, 5) is 17.7. The molecule has 0 aliphatic rings. The van der Waals surface area contributed by atoms with Gasteiger partial charge in [0.2, 0.25) is 0 Å². The molecule has 0 unspecified atom stereocenters. The number of pyridine rings is 1. The Hall–Kier alpha value is -3.35. The summed E-state index contributed by atoms with van der Waals surface area (Å²) in [6, 6.07) is 11.6. The first-order valence-corrected chi connectivity index (χ1v) is 10.7. The number of rotatable bonds is 7. The minimum absolute atomic E-state index is 0.0138. The summed E-state index contributed by atoms with van der Waals surface area (Å²) < 4.78 is 3.69. The smallest absolute Gasteiger partial charge is 0.329 e. The first-order chi connectivity index (χ1) is 14.8. The number of amidine groups is 1. The number of nitrogens with two attached hydrogens (primary N) is 2. The van der Waals surface area contributed by atoms with Gasteiger partial charge in [-0.1, -0.05) is 43.7 Å². The topological polar surface area (TPSA) is 104 Å². The molecule has 2 aromatic heterocycles. The van der Waals surface area contributed by atoms with Gasteiger partial charge in [0, 0.05) is 34.8 Å². The van der Waals surface area contributed by atoms with Crippen molar-refractivity contribution in [3.63, 3.8) is 0 Å². The summed E-state index contributed by atoms with van der Waals surface area (Å²) in [5.41, 5.74) is 10.1. The van der Waals surface area contributed by atoms with Gasteiger partial charge in [-0.15, -0.1) is 0 Å². The van der Waals surface area contributed by atoms with E-state index in [9.17, 15) is 4.79 Å². The van der Waals surface area contributed by atoms with Gasteiger partial charge in [0.15, 0.2) is 5.84 Å². The van der Waals surface area contributed by atoms with E-state index in [2.05, 4.69) is 17.0 Å². The molecule has 0 saturated carbocycles. The Morgan fingerprint density at radius 3 is 2.52 bits per heavy atom. The number of hydrogen-bond donors (Lipinski definition) is 2. The molecule has 3 aromatic rings. The highest BCUT2D eigenvalue weighted by atomic mass is 16.1. The maximum absolute atomic E-state index is 13.1. The van der Waals surface area contributed by atoms with Crippen LogP contribution in [-0.4, -0.2) is 20.0 Å². The number of unbranched alkanes of at least 4 members (excludes halogenated alkanes) is 1. The monoisotopic (exact) mass is 420 g/mol. The Balaban J connectivity index is 1.94. The number of nitrogens with zero attached hydrogens (tertiary/aromatic N) is 4. The zero-order valence-electron chi connectivity index (χ0n) is 18.8. The maximum atomic E-state index is 13.1. The highest BCUT2D eigenvalue weighted by Gasteiger charge is 2.20. The first kappa shape index (κ1) is 22.3. The Morgan fingerprint density at radius 1 is 1.16 bits per heavy atom. The molecule has 2 heterocycles. The van der Waals surface area contributed by atoms with E-state index in [0.29, 0.717) is 6.54 Å². The summed E-state index contributed by atoms with van der Waals surface area (Å²) in [7, 11) is 0. The Morgan fingerprint density at radius 2 is 1.90 bits per heavy atom. The van der Waals surface area contributed by atoms with Crippen molar-refractivity contribution < 1.29 is 0 Å². The van der Waals surface area contributed by atoms with Crippen LogP contribution in [0.1, 0.15) is 57.4 Å². The zero-order chi connectivity index (χ0) is 22.6. The molecule has 7 nitrogen and oxygen atoms in total. The van der Waals surface area contributed by atoms with Crippen LogP contribution in [0.3, 0.4) is 0 Å². The summed E-state index contributed by atoms with van der Waals surface area (Å²) in [5.74, 6) is 5.63. The number of aromatic nitrogens is 3. The van der Waals surface area contributed by atoms with E-state index in [1.807, 2.05) is 78.7 Å². The molecule has 4 N–H and O–H groups in total. The predicted octanol–water partition coefficient (Wildman–Crippen LogP) is 3.44. The summed E-state index contributed by atoms with van der Waals surface area (Å²) >= 11 is 0. The molecule has 0 amide bonds. The van der Waals surface area contributed by atoms with Gasteiger partial charge in [0.1, 0.15) is 0 Å². The molecule has 31 heavy (non-hydrogen) atoms. The van der Waals surface area contributed by atoms with Crippen LogP contribution in [0.25, 0.3) is 11.3 Å². The third kappa shape index (κ3) is 4.87. The molecule has 0 aliphatic carbocycles. The maximum Gasteiger partial charge on any atom is 0.329 e. The largest absolute Gasteiger partial charge is 0.382 e. The minimum Gasteiger partial charge on any atom is -0.382 e. The van der Waals surface area contributed by atoms with Gasteiger partial charge in [-0.25, -0.2) is 4.79 Å². The van der Waals surface area contributed by atoms with E-state index in [-0.39, 0.29) is 17.1 Å². The van der Waals surface area contributed by atoms with Crippen molar-refractivity contribution in [1.29, 1.82) is 0 Å². The Bertz CT molecular complexity index is 1120. The molecule has 0 radical (unpaired) electrons. The fraction of sp³-hybridized carbons (Fsp3) is 0.375. The van der Waals surface area contributed by atoms with E-state index in [1.54, 1.807) is 0 Å². The molecule has 0 spiro atoms. The number of benzene rings is 1. The van der Waals surface area contributed by atoms with Crippen molar-refractivity contribution >= 4 is 5.84 Å². The van der Waals surface area contributed by atoms with Gasteiger partial charge in [-0.05, 0) is 45.2 Å². The van der Waals surface area contributed by atoms with Crippen molar-refractivity contribution in [2.24, 2.45) is 16.7 Å². The third-order valence-electron chi connectivity index (χ3n) is 5.35. The average molecular weight is 421 g/mol. The molecule has 0 fully saturated rings. The SMILES string of the molecule is CCCCc1cn(C(C)(C)C)c(=O)n1Cc1ccc(-c2ccccc2/C(N)=N/N)nc1. The Labute approximate surface area is 183 Å². The van der Waals surface area contributed by atoms with Crippen LogP contribution in [0.4, 0.5) is 0 Å². The van der Waals surface area contributed by atoms with Crippen molar-refractivity contribution in [2.45, 2.75) is 59.0 Å². The first-order valence-electron chi connectivity index (χ1n) is 10.7. The van der Waals surface area contributed by atoms with E-state index in [4.69, 9.17) is 11.6 Å². The van der Waals surface area contributed by atoms with E-state index in [1.165, 1.54) is 0 Å². The lowest BCUT2D eigenvalue weighted by Gasteiger charge is -2.19. The molecule has 0 atom stereocenters. The molecule has 0 aliphatic heterocycles.